The summed E-state index contributed by atoms with van der Waals surface area (Å²) in [4.78, 5) is 17.0. The highest BCUT2D eigenvalue weighted by atomic mass is 16.3. The number of amides is 1. The van der Waals surface area contributed by atoms with Crippen LogP contribution in [-0.4, -0.2) is 36.7 Å². The van der Waals surface area contributed by atoms with E-state index in [2.05, 4.69) is 27.9 Å². The van der Waals surface area contributed by atoms with Crippen LogP contribution >= 0.6 is 0 Å². The summed E-state index contributed by atoms with van der Waals surface area (Å²) < 4.78 is 5.24. The molecule has 1 aromatic carbocycles. The zero-order valence-corrected chi connectivity index (χ0v) is 18.0. The van der Waals surface area contributed by atoms with E-state index in [4.69, 9.17) is 4.42 Å². The molecule has 164 valence electrons. The van der Waals surface area contributed by atoms with Crippen molar-refractivity contribution in [3.63, 3.8) is 0 Å². The molecular formula is C23H34N4O3. The largest absolute Gasteiger partial charge is 0.467 e. The normalized spacial score (nSPS) is 12.4. The Morgan fingerprint density at radius 3 is 2.70 bits per heavy atom. The second-order valence-electron chi connectivity index (χ2n) is 7.21. The summed E-state index contributed by atoms with van der Waals surface area (Å²) in [6.45, 7) is 6.74. The number of aliphatic hydroxyl groups excluding tert-OH is 1. The first kappa shape index (κ1) is 23.5. The average Bonchev–Trinajstić information content (AvgIpc) is 3.28. The number of hydrogen-bond acceptors (Lipinski definition) is 4. The van der Waals surface area contributed by atoms with E-state index >= 15 is 0 Å². The Morgan fingerprint density at radius 2 is 2.00 bits per heavy atom. The van der Waals surface area contributed by atoms with Gasteiger partial charge in [-0.1, -0.05) is 25.5 Å². The molecule has 4 N–H and O–H groups in total. The molecule has 1 amide bonds. The summed E-state index contributed by atoms with van der Waals surface area (Å²) in [7, 11) is 0. The maximum Gasteiger partial charge on any atom is 0.251 e. The molecule has 0 aliphatic carbocycles. The number of aliphatic hydroxyl groups is 1. The van der Waals surface area contributed by atoms with Crippen LogP contribution in [0.3, 0.4) is 0 Å². The summed E-state index contributed by atoms with van der Waals surface area (Å²) in [5, 5.41) is 18.7. The predicted octanol–water partition coefficient (Wildman–Crippen LogP) is 3.06. The van der Waals surface area contributed by atoms with Gasteiger partial charge in [0.2, 0.25) is 0 Å². The summed E-state index contributed by atoms with van der Waals surface area (Å²) in [6, 6.07) is 11.1. The van der Waals surface area contributed by atoms with Crippen molar-refractivity contribution in [2.75, 3.05) is 19.7 Å². The fourth-order valence-electron chi connectivity index (χ4n) is 3.19. The maximum absolute atomic E-state index is 12.4. The monoisotopic (exact) mass is 414 g/mol. The Bertz CT molecular complexity index is 769. The van der Waals surface area contributed by atoms with Crippen LogP contribution in [0, 0.1) is 5.92 Å². The molecule has 0 aliphatic rings. The van der Waals surface area contributed by atoms with Crippen LogP contribution in [0.25, 0.3) is 0 Å². The molecule has 1 aromatic heterocycles. The van der Waals surface area contributed by atoms with Crippen LogP contribution in [0.4, 0.5) is 0 Å². The van der Waals surface area contributed by atoms with Gasteiger partial charge in [0, 0.05) is 25.3 Å². The van der Waals surface area contributed by atoms with Gasteiger partial charge in [-0.2, -0.15) is 0 Å². The number of hydrogen-bond donors (Lipinski definition) is 4. The van der Waals surface area contributed by atoms with Gasteiger partial charge in [-0.15, -0.1) is 0 Å². The fraction of sp³-hybridized carbons (Fsp3) is 0.478. The second kappa shape index (κ2) is 13.4. The lowest BCUT2D eigenvalue weighted by molar-refractivity contribution is 0.0948. The van der Waals surface area contributed by atoms with Crippen LogP contribution < -0.4 is 16.0 Å². The lowest BCUT2D eigenvalue weighted by atomic mass is 10.0. The predicted molar refractivity (Wildman–Crippen MR) is 119 cm³/mol. The number of aliphatic imine (C=N–C) groups is 1. The molecule has 1 unspecified atom stereocenters. The standard InChI is InChI=1S/C23H34N4O3/c1-3-7-18(11-12-28)15-26-23(24-4-2)27-16-19-8-5-9-20(14-19)22(29)25-17-21-10-6-13-30-21/h5-6,8-10,13-14,18,28H,3-4,7,11-12,15-17H2,1-2H3,(H,25,29)(H2,24,26,27). The Balaban J connectivity index is 1.94. The highest BCUT2D eigenvalue weighted by molar-refractivity contribution is 5.94. The smallest absolute Gasteiger partial charge is 0.251 e. The highest BCUT2D eigenvalue weighted by Crippen LogP contribution is 2.10. The number of nitrogens with zero attached hydrogens (tertiary/aromatic N) is 1. The summed E-state index contributed by atoms with van der Waals surface area (Å²) in [5.41, 5.74) is 1.55. The van der Waals surface area contributed by atoms with Crippen molar-refractivity contribution in [2.45, 2.75) is 46.2 Å². The SMILES string of the molecule is CCCC(CCO)CNC(=NCc1cccc(C(=O)NCc2ccco2)c1)NCC. The second-order valence-corrected chi connectivity index (χ2v) is 7.21. The van der Waals surface area contributed by atoms with E-state index in [0.717, 1.165) is 43.9 Å². The molecular weight excluding hydrogens is 380 g/mol. The van der Waals surface area contributed by atoms with Crippen LogP contribution in [-0.2, 0) is 13.1 Å². The lowest BCUT2D eigenvalue weighted by Crippen LogP contribution is -2.40. The molecule has 0 aliphatic heterocycles. The Kier molecular flexibility index (Phi) is 10.5. The number of carbonyl (C=O) groups is 1. The Labute approximate surface area is 179 Å². The molecule has 2 aromatic rings. The van der Waals surface area contributed by atoms with Gasteiger partial charge in [0.1, 0.15) is 5.76 Å². The molecule has 0 saturated heterocycles. The number of rotatable bonds is 12. The number of carbonyl (C=O) groups excluding carboxylic acids is 1. The minimum absolute atomic E-state index is 0.145. The minimum Gasteiger partial charge on any atom is -0.467 e. The van der Waals surface area contributed by atoms with Gasteiger partial charge >= 0.3 is 0 Å². The van der Waals surface area contributed by atoms with Crippen LogP contribution in [0.1, 0.15) is 54.8 Å². The molecule has 0 saturated carbocycles. The molecule has 0 spiro atoms. The Morgan fingerprint density at radius 1 is 1.13 bits per heavy atom. The molecule has 1 atom stereocenters. The minimum atomic E-state index is -0.145. The zero-order chi connectivity index (χ0) is 21.6. The summed E-state index contributed by atoms with van der Waals surface area (Å²) in [6.07, 6.45) is 4.54. The van der Waals surface area contributed by atoms with Crippen LogP contribution in [0.15, 0.2) is 52.1 Å². The summed E-state index contributed by atoms with van der Waals surface area (Å²) >= 11 is 0. The third kappa shape index (κ3) is 8.29. The van der Waals surface area contributed by atoms with E-state index in [1.165, 1.54) is 0 Å². The molecule has 1 heterocycles. The van der Waals surface area contributed by atoms with E-state index in [0.29, 0.717) is 30.3 Å². The molecule has 0 bridgehead atoms. The first-order valence-electron chi connectivity index (χ1n) is 10.7. The van der Waals surface area contributed by atoms with Gasteiger partial charge in [0.05, 0.1) is 19.4 Å². The van der Waals surface area contributed by atoms with Gasteiger partial charge in [0.25, 0.3) is 5.91 Å². The highest BCUT2D eigenvalue weighted by Gasteiger charge is 2.09. The van der Waals surface area contributed by atoms with E-state index in [1.54, 1.807) is 18.4 Å². The lowest BCUT2D eigenvalue weighted by Gasteiger charge is -2.18. The first-order chi connectivity index (χ1) is 14.7. The molecule has 2 rings (SSSR count). The third-order valence-electron chi connectivity index (χ3n) is 4.75. The van der Waals surface area contributed by atoms with Crippen molar-refractivity contribution in [1.82, 2.24) is 16.0 Å². The first-order valence-corrected chi connectivity index (χ1v) is 10.7. The number of furan rings is 1. The van der Waals surface area contributed by atoms with Gasteiger partial charge in [-0.25, -0.2) is 4.99 Å². The third-order valence-corrected chi connectivity index (χ3v) is 4.75. The molecule has 0 fully saturated rings. The molecule has 7 nitrogen and oxygen atoms in total. The van der Waals surface area contributed by atoms with Gasteiger partial charge in [-0.05, 0) is 55.5 Å². The van der Waals surface area contributed by atoms with E-state index < -0.39 is 0 Å². The van der Waals surface area contributed by atoms with Crippen molar-refractivity contribution in [2.24, 2.45) is 10.9 Å². The van der Waals surface area contributed by atoms with Crippen molar-refractivity contribution in [3.8, 4) is 0 Å². The number of nitrogens with one attached hydrogen (secondary N) is 3. The topological polar surface area (TPSA) is 98.9 Å². The van der Waals surface area contributed by atoms with E-state index in [9.17, 15) is 9.90 Å². The number of guanidine groups is 1. The van der Waals surface area contributed by atoms with E-state index in [1.807, 2.05) is 31.2 Å². The van der Waals surface area contributed by atoms with Gasteiger partial charge in [-0.3, -0.25) is 4.79 Å². The van der Waals surface area contributed by atoms with Crippen LogP contribution in [0.5, 0.6) is 0 Å². The van der Waals surface area contributed by atoms with Crippen molar-refractivity contribution in [1.29, 1.82) is 0 Å². The van der Waals surface area contributed by atoms with Crippen molar-refractivity contribution in [3.05, 3.63) is 59.5 Å². The maximum atomic E-state index is 12.4. The Hall–Kier alpha value is -2.80. The average molecular weight is 415 g/mol. The van der Waals surface area contributed by atoms with Gasteiger partial charge in [0.15, 0.2) is 5.96 Å². The quantitative estimate of drug-likeness (QED) is 0.316. The van der Waals surface area contributed by atoms with E-state index in [-0.39, 0.29) is 12.5 Å². The van der Waals surface area contributed by atoms with Crippen molar-refractivity contribution >= 4 is 11.9 Å². The number of benzene rings is 1. The molecule has 7 heteroatoms. The van der Waals surface area contributed by atoms with Crippen molar-refractivity contribution < 1.29 is 14.3 Å². The molecule has 0 radical (unpaired) electrons. The summed E-state index contributed by atoms with van der Waals surface area (Å²) in [5.74, 6) is 1.73. The van der Waals surface area contributed by atoms with Crippen LogP contribution in [0.2, 0.25) is 0 Å². The fourth-order valence-corrected chi connectivity index (χ4v) is 3.19. The zero-order valence-electron chi connectivity index (χ0n) is 18.0. The van der Waals surface area contributed by atoms with Gasteiger partial charge < -0.3 is 25.5 Å². The molecule has 30 heavy (non-hydrogen) atoms.